The Labute approximate surface area is 127 Å². The predicted octanol–water partition coefficient (Wildman–Crippen LogP) is 4.57. The summed E-state index contributed by atoms with van der Waals surface area (Å²) in [5.74, 6) is 1.70. The van der Waals surface area contributed by atoms with Gasteiger partial charge in [-0.25, -0.2) is 9.97 Å². The summed E-state index contributed by atoms with van der Waals surface area (Å²) < 4.78 is 0. The SMILES string of the molecule is CCCNc1cc(-c2ccc(C(C)(C)C)cc2)nc(C)n1. The fourth-order valence-electron chi connectivity index (χ4n) is 2.20. The Morgan fingerprint density at radius 1 is 1.05 bits per heavy atom. The van der Waals surface area contributed by atoms with Crippen molar-refractivity contribution in [3.63, 3.8) is 0 Å². The standard InChI is InChI=1S/C18H25N3/c1-6-11-19-17-12-16(20-13(2)21-17)14-7-9-15(10-8-14)18(3,4)5/h7-10,12H,6,11H2,1-5H3,(H,19,20,21). The third-order valence-electron chi connectivity index (χ3n) is 3.44. The van der Waals surface area contributed by atoms with Crippen molar-refractivity contribution in [2.75, 3.05) is 11.9 Å². The lowest BCUT2D eigenvalue weighted by Gasteiger charge is -2.19. The lowest BCUT2D eigenvalue weighted by molar-refractivity contribution is 0.590. The molecule has 1 aromatic heterocycles. The van der Waals surface area contributed by atoms with Crippen LogP contribution >= 0.6 is 0 Å². The summed E-state index contributed by atoms with van der Waals surface area (Å²) in [5.41, 5.74) is 3.62. The van der Waals surface area contributed by atoms with Crippen LogP contribution in [0.15, 0.2) is 30.3 Å². The minimum atomic E-state index is 0.175. The van der Waals surface area contributed by atoms with E-state index in [1.807, 2.05) is 13.0 Å². The molecule has 0 atom stereocenters. The molecule has 0 bridgehead atoms. The molecule has 0 amide bonds. The van der Waals surface area contributed by atoms with Crippen molar-refractivity contribution in [3.05, 3.63) is 41.7 Å². The smallest absolute Gasteiger partial charge is 0.130 e. The highest BCUT2D eigenvalue weighted by molar-refractivity contribution is 5.63. The molecule has 3 nitrogen and oxygen atoms in total. The van der Waals surface area contributed by atoms with E-state index in [1.165, 1.54) is 5.56 Å². The van der Waals surface area contributed by atoms with E-state index in [9.17, 15) is 0 Å². The second-order valence-corrected chi connectivity index (χ2v) is 6.44. The van der Waals surface area contributed by atoms with E-state index in [1.54, 1.807) is 0 Å². The third kappa shape index (κ3) is 4.03. The normalized spacial score (nSPS) is 11.5. The number of aryl methyl sites for hydroxylation is 1. The molecule has 0 radical (unpaired) electrons. The molecule has 0 fully saturated rings. The number of nitrogens with one attached hydrogen (secondary N) is 1. The minimum absolute atomic E-state index is 0.175. The molecule has 2 rings (SSSR count). The van der Waals surface area contributed by atoms with Gasteiger partial charge in [0.1, 0.15) is 11.6 Å². The van der Waals surface area contributed by atoms with Gasteiger partial charge >= 0.3 is 0 Å². The van der Waals surface area contributed by atoms with Crippen LogP contribution in [0.4, 0.5) is 5.82 Å². The average Bonchev–Trinajstić information content (AvgIpc) is 2.44. The predicted molar refractivity (Wildman–Crippen MR) is 89.7 cm³/mol. The zero-order valence-electron chi connectivity index (χ0n) is 13.7. The van der Waals surface area contributed by atoms with E-state index in [2.05, 4.69) is 67.2 Å². The summed E-state index contributed by atoms with van der Waals surface area (Å²) in [4.78, 5) is 8.98. The zero-order valence-corrected chi connectivity index (χ0v) is 13.7. The van der Waals surface area contributed by atoms with Crippen LogP contribution in [0, 0.1) is 6.92 Å². The van der Waals surface area contributed by atoms with Gasteiger partial charge in [0.15, 0.2) is 0 Å². The minimum Gasteiger partial charge on any atom is -0.370 e. The van der Waals surface area contributed by atoms with E-state index in [0.717, 1.165) is 35.9 Å². The molecule has 0 saturated carbocycles. The summed E-state index contributed by atoms with van der Waals surface area (Å²) in [6, 6.07) is 10.7. The highest BCUT2D eigenvalue weighted by Gasteiger charge is 2.13. The Kier molecular flexibility index (Phi) is 4.61. The molecular formula is C18H25N3. The van der Waals surface area contributed by atoms with Crippen molar-refractivity contribution in [3.8, 4) is 11.3 Å². The molecule has 1 aromatic carbocycles. The van der Waals surface area contributed by atoms with E-state index in [4.69, 9.17) is 0 Å². The maximum Gasteiger partial charge on any atom is 0.130 e. The first-order chi connectivity index (χ1) is 9.90. The van der Waals surface area contributed by atoms with Crippen LogP contribution in [0.1, 0.15) is 45.5 Å². The third-order valence-corrected chi connectivity index (χ3v) is 3.44. The number of nitrogens with zero attached hydrogens (tertiary/aromatic N) is 2. The summed E-state index contributed by atoms with van der Waals surface area (Å²) in [5, 5.41) is 3.33. The van der Waals surface area contributed by atoms with Gasteiger partial charge in [0, 0.05) is 18.2 Å². The molecule has 0 aliphatic heterocycles. The Balaban J connectivity index is 2.31. The first-order valence-electron chi connectivity index (χ1n) is 7.60. The van der Waals surface area contributed by atoms with E-state index in [0.29, 0.717) is 0 Å². The van der Waals surface area contributed by atoms with E-state index < -0.39 is 0 Å². The molecule has 0 aliphatic carbocycles. The van der Waals surface area contributed by atoms with Gasteiger partial charge in [0.2, 0.25) is 0 Å². The van der Waals surface area contributed by atoms with Crippen molar-refractivity contribution in [1.29, 1.82) is 0 Å². The highest BCUT2D eigenvalue weighted by Crippen LogP contribution is 2.26. The summed E-state index contributed by atoms with van der Waals surface area (Å²) in [7, 11) is 0. The Morgan fingerprint density at radius 2 is 1.71 bits per heavy atom. The number of aromatic nitrogens is 2. The van der Waals surface area contributed by atoms with Crippen LogP contribution < -0.4 is 5.32 Å². The van der Waals surface area contributed by atoms with E-state index in [-0.39, 0.29) is 5.41 Å². The lowest BCUT2D eigenvalue weighted by Crippen LogP contribution is -2.10. The summed E-state index contributed by atoms with van der Waals surface area (Å²) in [6.45, 7) is 11.7. The van der Waals surface area contributed by atoms with Gasteiger partial charge in [-0.3, -0.25) is 0 Å². The Hall–Kier alpha value is -1.90. The zero-order chi connectivity index (χ0) is 15.5. The molecule has 112 valence electrons. The van der Waals surface area contributed by atoms with Crippen LogP contribution in [-0.2, 0) is 5.41 Å². The van der Waals surface area contributed by atoms with E-state index >= 15 is 0 Å². The van der Waals surface area contributed by atoms with Crippen LogP contribution in [-0.4, -0.2) is 16.5 Å². The van der Waals surface area contributed by atoms with Crippen molar-refractivity contribution in [1.82, 2.24) is 9.97 Å². The van der Waals surface area contributed by atoms with Crippen molar-refractivity contribution >= 4 is 5.82 Å². The molecule has 0 saturated heterocycles. The van der Waals surface area contributed by atoms with Crippen LogP contribution in [0.5, 0.6) is 0 Å². The van der Waals surface area contributed by atoms with Gasteiger partial charge in [0.25, 0.3) is 0 Å². The number of rotatable bonds is 4. The van der Waals surface area contributed by atoms with Gasteiger partial charge < -0.3 is 5.32 Å². The highest BCUT2D eigenvalue weighted by atomic mass is 15.0. The first kappa shape index (κ1) is 15.5. The molecule has 1 heterocycles. The Bertz CT molecular complexity index is 595. The molecular weight excluding hydrogens is 258 g/mol. The molecule has 0 unspecified atom stereocenters. The summed E-state index contributed by atoms with van der Waals surface area (Å²) >= 11 is 0. The van der Waals surface area contributed by atoms with Crippen LogP contribution in [0.3, 0.4) is 0 Å². The topological polar surface area (TPSA) is 37.8 Å². The van der Waals surface area contributed by atoms with Crippen molar-refractivity contribution in [2.45, 2.75) is 46.5 Å². The monoisotopic (exact) mass is 283 g/mol. The quantitative estimate of drug-likeness (QED) is 0.893. The van der Waals surface area contributed by atoms with Gasteiger partial charge in [0.05, 0.1) is 5.69 Å². The molecule has 0 spiro atoms. The fraction of sp³-hybridized carbons (Fsp3) is 0.444. The van der Waals surface area contributed by atoms with Crippen LogP contribution in [0.2, 0.25) is 0 Å². The van der Waals surface area contributed by atoms with Crippen LogP contribution in [0.25, 0.3) is 11.3 Å². The summed E-state index contributed by atoms with van der Waals surface area (Å²) in [6.07, 6.45) is 1.08. The van der Waals surface area contributed by atoms with Gasteiger partial charge in [-0.05, 0) is 24.3 Å². The fourth-order valence-corrected chi connectivity index (χ4v) is 2.20. The second-order valence-electron chi connectivity index (χ2n) is 6.44. The largest absolute Gasteiger partial charge is 0.370 e. The Morgan fingerprint density at radius 3 is 2.29 bits per heavy atom. The molecule has 21 heavy (non-hydrogen) atoms. The first-order valence-corrected chi connectivity index (χ1v) is 7.60. The molecule has 3 heteroatoms. The maximum absolute atomic E-state index is 4.55. The number of hydrogen-bond acceptors (Lipinski definition) is 3. The van der Waals surface area contributed by atoms with Crippen molar-refractivity contribution < 1.29 is 0 Å². The number of benzene rings is 1. The lowest BCUT2D eigenvalue weighted by atomic mass is 9.86. The van der Waals surface area contributed by atoms with Gasteiger partial charge in [-0.1, -0.05) is 52.0 Å². The van der Waals surface area contributed by atoms with Gasteiger partial charge in [-0.2, -0.15) is 0 Å². The van der Waals surface area contributed by atoms with Crippen molar-refractivity contribution in [2.24, 2.45) is 0 Å². The molecule has 0 aliphatic rings. The number of hydrogen-bond donors (Lipinski definition) is 1. The van der Waals surface area contributed by atoms with Gasteiger partial charge in [-0.15, -0.1) is 0 Å². The second kappa shape index (κ2) is 6.25. The average molecular weight is 283 g/mol. The number of anilines is 1. The maximum atomic E-state index is 4.55. The molecule has 1 N–H and O–H groups in total. The molecule has 2 aromatic rings.